The summed E-state index contributed by atoms with van der Waals surface area (Å²) in [7, 11) is 0. The van der Waals surface area contributed by atoms with Crippen molar-refractivity contribution in [1.29, 1.82) is 0 Å². The molecule has 1 aliphatic heterocycles. The SMILES string of the molecule is c1ccc2c([C@@H]3CCCCN3)c[nH]c2c1. The standard InChI is InChI=1S/C13H16N2/c1-2-6-12-10(5-1)11(9-15-12)13-7-3-4-8-14-13/h1-2,5-6,9,13-15H,3-4,7-8H2/t13-/m0/s1. The Morgan fingerprint density at radius 3 is 2.93 bits per heavy atom. The van der Waals surface area contributed by atoms with E-state index < -0.39 is 0 Å². The number of fused-ring (bicyclic) bond motifs is 1. The predicted molar refractivity (Wildman–Crippen MR) is 62.9 cm³/mol. The highest BCUT2D eigenvalue weighted by atomic mass is 14.9. The second kappa shape index (κ2) is 3.70. The van der Waals surface area contributed by atoms with Crippen LogP contribution in [0.25, 0.3) is 10.9 Å². The Bertz CT molecular complexity index is 452. The lowest BCUT2D eigenvalue weighted by molar-refractivity contribution is 0.414. The average Bonchev–Trinajstić information content (AvgIpc) is 2.74. The number of para-hydroxylation sites is 1. The van der Waals surface area contributed by atoms with Gasteiger partial charge >= 0.3 is 0 Å². The minimum atomic E-state index is 0.551. The van der Waals surface area contributed by atoms with Crippen LogP contribution in [0.1, 0.15) is 30.9 Å². The minimum Gasteiger partial charge on any atom is -0.361 e. The summed E-state index contributed by atoms with van der Waals surface area (Å²) in [4.78, 5) is 3.35. The topological polar surface area (TPSA) is 27.8 Å². The molecule has 1 aromatic heterocycles. The summed E-state index contributed by atoms with van der Waals surface area (Å²) in [5.41, 5.74) is 2.69. The number of aromatic amines is 1. The Kier molecular flexibility index (Phi) is 2.22. The molecule has 2 heterocycles. The third-order valence-electron chi connectivity index (χ3n) is 3.31. The molecule has 3 rings (SSSR count). The molecule has 1 aromatic carbocycles. The van der Waals surface area contributed by atoms with E-state index in [2.05, 4.69) is 40.8 Å². The fraction of sp³-hybridized carbons (Fsp3) is 0.385. The van der Waals surface area contributed by atoms with Crippen LogP contribution in [0.5, 0.6) is 0 Å². The third-order valence-corrected chi connectivity index (χ3v) is 3.31. The van der Waals surface area contributed by atoms with E-state index in [9.17, 15) is 0 Å². The van der Waals surface area contributed by atoms with Gasteiger partial charge in [0.25, 0.3) is 0 Å². The van der Waals surface area contributed by atoms with Gasteiger partial charge in [0, 0.05) is 23.1 Å². The lowest BCUT2D eigenvalue weighted by atomic mass is 9.97. The quantitative estimate of drug-likeness (QED) is 0.727. The Labute approximate surface area is 89.7 Å². The van der Waals surface area contributed by atoms with Crippen LogP contribution < -0.4 is 5.32 Å². The summed E-state index contributed by atoms with van der Waals surface area (Å²) in [5.74, 6) is 0. The molecule has 78 valence electrons. The van der Waals surface area contributed by atoms with Crippen LogP contribution in [0.2, 0.25) is 0 Å². The maximum Gasteiger partial charge on any atom is 0.0457 e. The highest BCUT2D eigenvalue weighted by Gasteiger charge is 2.17. The number of hydrogen-bond donors (Lipinski definition) is 2. The molecular formula is C13H16N2. The van der Waals surface area contributed by atoms with Crippen molar-refractivity contribution in [3.8, 4) is 0 Å². The van der Waals surface area contributed by atoms with Gasteiger partial charge in [-0.25, -0.2) is 0 Å². The zero-order chi connectivity index (χ0) is 10.1. The van der Waals surface area contributed by atoms with E-state index in [1.54, 1.807) is 0 Å². The number of rotatable bonds is 1. The van der Waals surface area contributed by atoms with Crippen LogP contribution in [-0.2, 0) is 0 Å². The van der Waals surface area contributed by atoms with Gasteiger partial charge in [-0.2, -0.15) is 0 Å². The average molecular weight is 200 g/mol. The number of benzene rings is 1. The lowest BCUT2D eigenvalue weighted by Crippen LogP contribution is -2.26. The van der Waals surface area contributed by atoms with Crippen molar-refractivity contribution in [2.75, 3.05) is 6.54 Å². The summed E-state index contributed by atoms with van der Waals surface area (Å²) in [5, 5.41) is 4.97. The van der Waals surface area contributed by atoms with E-state index in [-0.39, 0.29) is 0 Å². The molecule has 2 N–H and O–H groups in total. The van der Waals surface area contributed by atoms with E-state index in [1.807, 2.05) is 0 Å². The largest absolute Gasteiger partial charge is 0.361 e. The van der Waals surface area contributed by atoms with Gasteiger partial charge < -0.3 is 10.3 Å². The number of piperidine rings is 1. The number of aromatic nitrogens is 1. The normalized spacial score (nSPS) is 22.0. The van der Waals surface area contributed by atoms with Crippen molar-refractivity contribution < 1.29 is 0 Å². The Morgan fingerprint density at radius 2 is 2.07 bits per heavy atom. The molecule has 2 aromatic rings. The van der Waals surface area contributed by atoms with Gasteiger partial charge in [-0.05, 0) is 31.0 Å². The van der Waals surface area contributed by atoms with Gasteiger partial charge in [0.05, 0.1) is 0 Å². The first-order valence-electron chi connectivity index (χ1n) is 5.74. The van der Waals surface area contributed by atoms with Crippen LogP contribution in [0, 0.1) is 0 Å². The molecule has 1 atom stereocenters. The molecule has 0 unspecified atom stereocenters. The van der Waals surface area contributed by atoms with Crippen LogP contribution in [0.3, 0.4) is 0 Å². The van der Waals surface area contributed by atoms with Gasteiger partial charge in [0.1, 0.15) is 0 Å². The maximum absolute atomic E-state index is 3.59. The van der Waals surface area contributed by atoms with E-state index in [0.29, 0.717) is 6.04 Å². The second-order valence-electron chi connectivity index (χ2n) is 4.29. The first-order chi connectivity index (χ1) is 7.45. The van der Waals surface area contributed by atoms with Crippen molar-refractivity contribution in [3.63, 3.8) is 0 Å². The monoisotopic (exact) mass is 200 g/mol. The fourth-order valence-electron chi connectivity index (χ4n) is 2.50. The second-order valence-corrected chi connectivity index (χ2v) is 4.29. The highest BCUT2D eigenvalue weighted by Crippen LogP contribution is 2.28. The van der Waals surface area contributed by atoms with E-state index in [4.69, 9.17) is 0 Å². The van der Waals surface area contributed by atoms with E-state index >= 15 is 0 Å². The predicted octanol–water partition coefficient (Wildman–Crippen LogP) is 2.98. The van der Waals surface area contributed by atoms with Crippen molar-refractivity contribution in [3.05, 3.63) is 36.0 Å². The molecule has 0 bridgehead atoms. The van der Waals surface area contributed by atoms with Gasteiger partial charge in [0.2, 0.25) is 0 Å². The zero-order valence-corrected chi connectivity index (χ0v) is 8.79. The minimum absolute atomic E-state index is 0.551. The number of nitrogens with one attached hydrogen (secondary N) is 2. The molecule has 0 saturated carbocycles. The molecular weight excluding hydrogens is 184 g/mol. The number of hydrogen-bond acceptors (Lipinski definition) is 1. The van der Waals surface area contributed by atoms with Gasteiger partial charge in [-0.3, -0.25) is 0 Å². The first kappa shape index (κ1) is 8.98. The number of H-pyrrole nitrogens is 1. The zero-order valence-electron chi connectivity index (χ0n) is 8.79. The van der Waals surface area contributed by atoms with Crippen LogP contribution in [0.15, 0.2) is 30.5 Å². The molecule has 1 saturated heterocycles. The summed E-state index contributed by atoms with van der Waals surface area (Å²) < 4.78 is 0. The summed E-state index contributed by atoms with van der Waals surface area (Å²) in [6.07, 6.45) is 6.09. The van der Waals surface area contributed by atoms with Crippen molar-refractivity contribution in [2.24, 2.45) is 0 Å². The van der Waals surface area contributed by atoms with Crippen LogP contribution >= 0.6 is 0 Å². The maximum atomic E-state index is 3.59. The van der Waals surface area contributed by atoms with Crippen LogP contribution in [0.4, 0.5) is 0 Å². The molecule has 1 fully saturated rings. The lowest BCUT2D eigenvalue weighted by Gasteiger charge is -2.23. The smallest absolute Gasteiger partial charge is 0.0457 e. The summed E-state index contributed by atoms with van der Waals surface area (Å²) in [6, 6.07) is 9.09. The molecule has 0 spiro atoms. The van der Waals surface area contributed by atoms with Crippen molar-refractivity contribution >= 4 is 10.9 Å². The molecule has 2 heteroatoms. The van der Waals surface area contributed by atoms with Gasteiger partial charge in [-0.1, -0.05) is 24.6 Å². The summed E-state index contributed by atoms with van der Waals surface area (Å²) >= 11 is 0. The van der Waals surface area contributed by atoms with Crippen LogP contribution in [-0.4, -0.2) is 11.5 Å². The Morgan fingerprint density at radius 1 is 1.13 bits per heavy atom. The summed E-state index contributed by atoms with van der Waals surface area (Å²) in [6.45, 7) is 1.16. The molecule has 15 heavy (non-hydrogen) atoms. The Hall–Kier alpha value is -1.28. The third kappa shape index (κ3) is 1.55. The molecule has 1 aliphatic rings. The van der Waals surface area contributed by atoms with E-state index in [0.717, 1.165) is 6.54 Å². The molecule has 2 nitrogen and oxygen atoms in total. The van der Waals surface area contributed by atoms with Gasteiger partial charge in [-0.15, -0.1) is 0 Å². The van der Waals surface area contributed by atoms with Crippen molar-refractivity contribution in [1.82, 2.24) is 10.3 Å². The first-order valence-corrected chi connectivity index (χ1v) is 5.74. The van der Waals surface area contributed by atoms with Crippen molar-refractivity contribution in [2.45, 2.75) is 25.3 Å². The highest BCUT2D eigenvalue weighted by molar-refractivity contribution is 5.83. The van der Waals surface area contributed by atoms with E-state index in [1.165, 1.54) is 35.7 Å². The van der Waals surface area contributed by atoms with Gasteiger partial charge in [0.15, 0.2) is 0 Å². The molecule has 0 radical (unpaired) electrons. The molecule has 0 amide bonds. The Balaban J connectivity index is 2.02. The fourth-order valence-corrected chi connectivity index (χ4v) is 2.50. The molecule has 0 aliphatic carbocycles.